The molecule has 1 aliphatic rings. The van der Waals surface area contributed by atoms with Crippen LogP contribution in [-0.4, -0.2) is 42.1 Å². The highest BCUT2D eigenvalue weighted by Gasteiger charge is 2.22. The Balaban J connectivity index is 1.59. The number of nitrogens with zero attached hydrogens (tertiary/aromatic N) is 3. The molecule has 3 aromatic rings. The van der Waals surface area contributed by atoms with E-state index < -0.39 is 0 Å². The zero-order valence-electron chi connectivity index (χ0n) is 19.7. The van der Waals surface area contributed by atoms with Crippen LogP contribution in [0.15, 0.2) is 42.5 Å². The fraction of sp³-hybridized carbons (Fsp3) is 0.423. The summed E-state index contributed by atoms with van der Waals surface area (Å²) in [5.74, 6) is 0.787. The normalized spacial score (nSPS) is 14.0. The molecule has 34 heavy (non-hydrogen) atoms. The minimum absolute atomic E-state index is 0.125. The van der Waals surface area contributed by atoms with Crippen molar-refractivity contribution in [2.45, 2.75) is 45.1 Å². The van der Waals surface area contributed by atoms with E-state index in [0.29, 0.717) is 42.0 Å². The topological polar surface area (TPSA) is 76.5 Å². The minimum Gasteiger partial charge on any atom is -0.385 e. The standard InChI is InChI=1S/C26H31ClN4O3/c1-30(24(32)15-18-7-3-4-8-18)21-11-12-23-22(17-21)28-26(31(23)13-6-14-34-2)29-25(33)19-9-5-10-20(27)16-19/h5,9-12,16-18H,3-4,6-8,13-15H2,1-2H3,(H,28,29,33). The van der Waals surface area contributed by atoms with Gasteiger partial charge in [-0.15, -0.1) is 0 Å². The van der Waals surface area contributed by atoms with E-state index in [9.17, 15) is 9.59 Å². The number of hydrogen-bond donors (Lipinski definition) is 1. The van der Waals surface area contributed by atoms with E-state index in [1.54, 1.807) is 36.3 Å². The summed E-state index contributed by atoms with van der Waals surface area (Å²) in [4.78, 5) is 32.1. The Bertz CT molecular complexity index is 1170. The third-order valence-electron chi connectivity index (χ3n) is 6.47. The second-order valence-electron chi connectivity index (χ2n) is 8.88. The highest BCUT2D eigenvalue weighted by atomic mass is 35.5. The monoisotopic (exact) mass is 482 g/mol. The summed E-state index contributed by atoms with van der Waals surface area (Å²) < 4.78 is 7.18. The van der Waals surface area contributed by atoms with Crippen LogP contribution in [0.2, 0.25) is 5.02 Å². The van der Waals surface area contributed by atoms with Gasteiger partial charge in [0.05, 0.1) is 11.0 Å². The molecule has 4 rings (SSSR count). The summed E-state index contributed by atoms with van der Waals surface area (Å²) in [6.45, 7) is 1.23. The molecule has 0 aliphatic heterocycles. The fourth-order valence-corrected chi connectivity index (χ4v) is 4.75. The number of hydrogen-bond acceptors (Lipinski definition) is 4. The SMILES string of the molecule is COCCCn1c(NC(=O)c2cccc(Cl)c2)nc2cc(N(C)C(=O)CC3CCCC3)ccc21. The van der Waals surface area contributed by atoms with Crippen molar-refractivity contribution in [3.63, 3.8) is 0 Å². The predicted octanol–water partition coefficient (Wildman–Crippen LogP) is 5.52. The number of fused-ring (bicyclic) bond motifs is 1. The number of benzene rings is 2. The van der Waals surface area contributed by atoms with Gasteiger partial charge in [-0.25, -0.2) is 4.98 Å². The van der Waals surface area contributed by atoms with E-state index >= 15 is 0 Å². The number of anilines is 2. The molecule has 1 heterocycles. The number of aryl methyl sites for hydroxylation is 1. The van der Waals surface area contributed by atoms with E-state index in [1.807, 2.05) is 29.8 Å². The van der Waals surface area contributed by atoms with Crippen LogP contribution >= 0.6 is 11.6 Å². The van der Waals surface area contributed by atoms with Crippen LogP contribution in [0, 0.1) is 5.92 Å². The smallest absolute Gasteiger partial charge is 0.258 e. The van der Waals surface area contributed by atoms with Gasteiger partial charge < -0.3 is 14.2 Å². The molecule has 1 N–H and O–H groups in total. The van der Waals surface area contributed by atoms with Gasteiger partial charge in [-0.3, -0.25) is 14.9 Å². The van der Waals surface area contributed by atoms with Gasteiger partial charge in [0.25, 0.3) is 5.91 Å². The highest BCUT2D eigenvalue weighted by Crippen LogP contribution is 2.30. The molecule has 2 aromatic carbocycles. The quantitative estimate of drug-likeness (QED) is 0.407. The van der Waals surface area contributed by atoms with Crippen LogP contribution in [0.5, 0.6) is 0 Å². The molecule has 0 radical (unpaired) electrons. The zero-order valence-corrected chi connectivity index (χ0v) is 20.5. The number of amides is 2. The number of carbonyl (C=O) groups excluding carboxylic acids is 2. The van der Waals surface area contributed by atoms with Gasteiger partial charge in [0.2, 0.25) is 11.9 Å². The molecule has 1 fully saturated rings. The van der Waals surface area contributed by atoms with Gasteiger partial charge in [0.15, 0.2) is 0 Å². The molecule has 1 aliphatic carbocycles. The molecular weight excluding hydrogens is 452 g/mol. The Morgan fingerprint density at radius 3 is 2.74 bits per heavy atom. The van der Waals surface area contributed by atoms with Crippen LogP contribution in [-0.2, 0) is 16.1 Å². The van der Waals surface area contributed by atoms with Gasteiger partial charge in [0.1, 0.15) is 0 Å². The van der Waals surface area contributed by atoms with Gasteiger partial charge in [-0.2, -0.15) is 0 Å². The maximum absolute atomic E-state index is 12.9. The second-order valence-corrected chi connectivity index (χ2v) is 9.31. The summed E-state index contributed by atoms with van der Waals surface area (Å²) >= 11 is 6.05. The molecule has 0 spiro atoms. The van der Waals surface area contributed by atoms with Crippen molar-refractivity contribution in [1.82, 2.24) is 9.55 Å². The van der Waals surface area contributed by atoms with Crippen molar-refractivity contribution in [3.05, 3.63) is 53.1 Å². The average Bonchev–Trinajstić information content (AvgIpc) is 3.46. The first-order chi connectivity index (χ1) is 16.5. The number of aromatic nitrogens is 2. The average molecular weight is 483 g/mol. The first kappa shape index (κ1) is 24.2. The third-order valence-corrected chi connectivity index (χ3v) is 6.71. The number of carbonyl (C=O) groups is 2. The van der Waals surface area contributed by atoms with Gasteiger partial charge in [0, 0.05) is 50.0 Å². The maximum atomic E-state index is 12.9. The first-order valence-corrected chi connectivity index (χ1v) is 12.2. The largest absolute Gasteiger partial charge is 0.385 e. The van der Waals surface area contributed by atoms with Crippen molar-refractivity contribution in [2.75, 3.05) is 31.0 Å². The molecule has 7 nitrogen and oxygen atoms in total. The summed E-state index contributed by atoms with van der Waals surface area (Å²) in [7, 11) is 3.48. The molecule has 1 aromatic heterocycles. The molecular formula is C26H31ClN4O3. The van der Waals surface area contributed by atoms with Crippen molar-refractivity contribution in [2.24, 2.45) is 5.92 Å². The van der Waals surface area contributed by atoms with Gasteiger partial charge in [-0.1, -0.05) is 30.5 Å². The Kier molecular flexibility index (Phi) is 7.85. The van der Waals surface area contributed by atoms with Crippen LogP contribution in [0.1, 0.15) is 48.9 Å². The van der Waals surface area contributed by atoms with Gasteiger partial charge >= 0.3 is 0 Å². The molecule has 2 amide bonds. The summed E-state index contributed by atoms with van der Waals surface area (Å²) in [6, 6.07) is 12.6. The van der Waals surface area contributed by atoms with Crippen LogP contribution in [0.25, 0.3) is 11.0 Å². The number of halogens is 1. The van der Waals surface area contributed by atoms with E-state index in [4.69, 9.17) is 21.3 Å². The molecule has 0 saturated heterocycles. The predicted molar refractivity (Wildman–Crippen MR) is 136 cm³/mol. The molecule has 180 valence electrons. The molecule has 8 heteroatoms. The fourth-order valence-electron chi connectivity index (χ4n) is 4.56. The van der Waals surface area contributed by atoms with Crippen LogP contribution in [0.3, 0.4) is 0 Å². The van der Waals surface area contributed by atoms with E-state index in [2.05, 4.69) is 5.32 Å². The van der Waals surface area contributed by atoms with Crippen LogP contribution in [0.4, 0.5) is 11.6 Å². The van der Waals surface area contributed by atoms with Crippen molar-refractivity contribution in [1.29, 1.82) is 0 Å². The Hall–Kier alpha value is -2.90. The molecule has 0 atom stereocenters. The molecule has 0 unspecified atom stereocenters. The van der Waals surface area contributed by atoms with Crippen molar-refractivity contribution >= 4 is 46.1 Å². The summed E-state index contributed by atoms with van der Waals surface area (Å²) in [5.41, 5.74) is 2.86. The first-order valence-electron chi connectivity index (χ1n) is 11.8. The third kappa shape index (κ3) is 5.59. The number of ether oxygens (including phenoxy) is 1. The minimum atomic E-state index is -0.283. The van der Waals surface area contributed by atoms with Crippen molar-refractivity contribution < 1.29 is 14.3 Å². The van der Waals surface area contributed by atoms with E-state index in [-0.39, 0.29) is 11.8 Å². The Labute approximate surface area is 205 Å². The number of rotatable bonds is 9. The van der Waals surface area contributed by atoms with E-state index in [0.717, 1.165) is 36.0 Å². The second kappa shape index (κ2) is 11.0. The van der Waals surface area contributed by atoms with E-state index in [1.165, 1.54) is 12.8 Å². The lowest BCUT2D eigenvalue weighted by molar-refractivity contribution is -0.119. The van der Waals surface area contributed by atoms with Gasteiger partial charge in [-0.05, 0) is 61.6 Å². The van der Waals surface area contributed by atoms with Crippen LogP contribution < -0.4 is 10.2 Å². The highest BCUT2D eigenvalue weighted by molar-refractivity contribution is 6.31. The zero-order chi connectivity index (χ0) is 24.1. The number of methoxy groups -OCH3 is 1. The van der Waals surface area contributed by atoms with Crippen molar-refractivity contribution in [3.8, 4) is 0 Å². The number of imidazole rings is 1. The lowest BCUT2D eigenvalue weighted by atomic mass is 10.0. The summed E-state index contributed by atoms with van der Waals surface area (Å²) in [6.07, 6.45) is 6.07. The lowest BCUT2D eigenvalue weighted by Gasteiger charge is -2.19. The molecule has 1 saturated carbocycles. The lowest BCUT2D eigenvalue weighted by Crippen LogP contribution is -2.27. The Morgan fingerprint density at radius 2 is 2.00 bits per heavy atom. The number of nitrogens with one attached hydrogen (secondary N) is 1. The maximum Gasteiger partial charge on any atom is 0.258 e. The Morgan fingerprint density at radius 1 is 1.21 bits per heavy atom. The molecule has 0 bridgehead atoms. The summed E-state index contributed by atoms with van der Waals surface area (Å²) in [5, 5.41) is 3.42.